The Bertz CT molecular complexity index is 991. The fourth-order valence-corrected chi connectivity index (χ4v) is 2.59. The van der Waals surface area contributed by atoms with Crippen LogP contribution in [0.5, 0.6) is 17.2 Å². The number of Topliss-reactive ketones (excluding diaryl/α,β-unsaturated/α-hetero) is 1. The second-order valence-electron chi connectivity index (χ2n) is 5.94. The molecular weight excluding hydrogens is 364 g/mol. The van der Waals surface area contributed by atoms with Crippen molar-refractivity contribution >= 4 is 11.8 Å². The Morgan fingerprint density at radius 3 is 2.61 bits per heavy atom. The Balaban J connectivity index is 1.30. The molecule has 0 aliphatic carbocycles. The number of rotatable bonds is 7. The number of carbonyl (C=O) groups is 2. The standard InChI is InChI=1S/C21H16O7/c22-17(14-6-8-18-20(10-14)27-13-26-18)12-25-21(23)19-9-7-16(28-19)11-24-15-4-2-1-3-5-15/h1-10H,11-13H2. The van der Waals surface area contributed by atoms with Gasteiger partial charge in [-0.15, -0.1) is 0 Å². The zero-order chi connectivity index (χ0) is 19.3. The number of benzene rings is 2. The molecule has 0 atom stereocenters. The number of para-hydroxylation sites is 1. The molecule has 1 aliphatic heterocycles. The lowest BCUT2D eigenvalue weighted by atomic mass is 10.1. The first-order valence-electron chi connectivity index (χ1n) is 8.55. The number of ketones is 1. The highest BCUT2D eigenvalue weighted by atomic mass is 16.7. The Morgan fingerprint density at radius 2 is 1.75 bits per heavy atom. The van der Waals surface area contributed by atoms with Crippen LogP contribution in [0.2, 0.25) is 0 Å². The number of fused-ring (bicyclic) bond motifs is 1. The summed E-state index contributed by atoms with van der Waals surface area (Å²) in [6.45, 7) is -0.112. The Morgan fingerprint density at radius 1 is 0.929 bits per heavy atom. The second kappa shape index (κ2) is 7.87. The number of hydrogen-bond acceptors (Lipinski definition) is 7. The van der Waals surface area contributed by atoms with E-state index < -0.39 is 12.6 Å². The molecule has 0 bridgehead atoms. The molecule has 1 aliphatic rings. The van der Waals surface area contributed by atoms with Crippen LogP contribution in [0.1, 0.15) is 26.7 Å². The van der Waals surface area contributed by atoms with E-state index in [1.54, 1.807) is 24.3 Å². The van der Waals surface area contributed by atoms with Crippen LogP contribution in [0, 0.1) is 0 Å². The van der Waals surface area contributed by atoms with Gasteiger partial charge in [-0.3, -0.25) is 4.79 Å². The van der Waals surface area contributed by atoms with Gasteiger partial charge >= 0.3 is 5.97 Å². The van der Waals surface area contributed by atoms with Gasteiger partial charge in [-0.1, -0.05) is 18.2 Å². The van der Waals surface area contributed by atoms with Crippen LogP contribution >= 0.6 is 0 Å². The molecule has 0 amide bonds. The van der Waals surface area contributed by atoms with Crippen LogP contribution in [0.3, 0.4) is 0 Å². The molecule has 0 radical (unpaired) electrons. The third kappa shape index (κ3) is 3.98. The molecule has 0 fully saturated rings. The number of furan rings is 1. The van der Waals surface area contributed by atoms with Gasteiger partial charge in [0.1, 0.15) is 18.1 Å². The summed E-state index contributed by atoms with van der Waals surface area (Å²) in [7, 11) is 0. The Kier molecular flexibility index (Phi) is 4.97. The van der Waals surface area contributed by atoms with Crippen molar-refractivity contribution in [2.75, 3.05) is 13.4 Å². The minimum Gasteiger partial charge on any atom is -0.486 e. The molecule has 7 nitrogen and oxygen atoms in total. The van der Waals surface area contributed by atoms with E-state index in [1.807, 2.05) is 30.3 Å². The molecule has 3 aromatic rings. The van der Waals surface area contributed by atoms with E-state index in [-0.39, 0.29) is 24.9 Å². The Labute approximate surface area is 160 Å². The second-order valence-corrected chi connectivity index (χ2v) is 5.94. The predicted molar refractivity (Wildman–Crippen MR) is 96.7 cm³/mol. The molecule has 0 N–H and O–H groups in total. The van der Waals surface area contributed by atoms with Crippen molar-refractivity contribution in [1.82, 2.24) is 0 Å². The summed E-state index contributed by atoms with van der Waals surface area (Å²) in [5.74, 6) is 1.16. The van der Waals surface area contributed by atoms with Gasteiger partial charge in [-0.05, 0) is 42.5 Å². The molecule has 4 rings (SSSR count). The van der Waals surface area contributed by atoms with Crippen LogP contribution < -0.4 is 14.2 Å². The maximum absolute atomic E-state index is 12.2. The lowest BCUT2D eigenvalue weighted by molar-refractivity contribution is 0.0440. The molecule has 2 aromatic carbocycles. The first-order valence-corrected chi connectivity index (χ1v) is 8.55. The summed E-state index contributed by atoms with van der Waals surface area (Å²) < 4.78 is 26.4. The molecule has 0 saturated carbocycles. The van der Waals surface area contributed by atoms with Gasteiger partial charge in [0.2, 0.25) is 12.6 Å². The fraction of sp³-hybridized carbons (Fsp3) is 0.143. The first kappa shape index (κ1) is 17.7. The average Bonchev–Trinajstić information content (AvgIpc) is 3.39. The summed E-state index contributed by atoms with van der Waals surface area (Å²) >= 11 is 0. The van der Waals surface area contributed by atoms with Gasteiger partial charge in [0, 0.05) is 5.56 Å². The summed E-state index contributed by atoms with van der Waals surface area (Å²) in [6, 6.07) is 17.1. The van der Waals surface area contributed by atoms with Crippen LogP contribution in [0.4, 0.5) is 0 Å². The highest BCUT2D eigenvalue weighted by Gasteiger charge is 2.19. The quantitative estimate of drug-likeness (QED) is 0.457. The maximum atomic E-state index is 12.2. The van der Waals surface area contributed by atoms with Crippen molar-refractivity contribution in [2.45, 2.75) is 6.61 Å². The molecule has 0 spiro atoms. The van der Waals surface area contributed by atoms with E-state index in [0.717, 1.165) is 0 Å². The smallest absolute Gasteiger partial charge is 0.374 e. The van der Waals surface area contributed by atoms with Crippen molar-refractivity contribution in [2.24, 2.45) is 0 Å². The fourth-order valence-electron chi connectivity index (χ4n) is 2.59. The molecule has 28 heavy (non-hydrogen) atoms. The van der Waals surface area contributed by atoms with Gasteiger partial charge < -0.3 is 23.4 Å². The highest BCUT2D eigenvalue weighted by Crippen LogP contribution is 2.32. The topological polar surface area (TPSA) is 84.2 Å². The van der Waals surface area contributed by atoms with E-state index in [1.165, 1.54) is 6.07 Å². The largest absolute Gasteiger partial charge is 0.486 e. The number of ether oxygens (including phenoxy) is 4. The lowest BCUT2D eigenvalue weighted by Gasteiger charge is -2.04. The number of hydrogen-bond donors (Lipinski definition) is 0. The highest BCUT2D eigenvalue weighted by molar-refractivity contribution is 5.99. The minimum atomic E-state index is -0.722. The van der Waals surface area contributed by atoms with Gasteiger partial charge in [-0.25, -0.2) is 4.79 Å². The van der Waals surface area contributed by atoms with Crippen molar-refractivity contribution in [3.63, 3.8) is 0 Å². The number of esters is 1. The molecule has 0 unspecified atom stereocenters. The lowest BCUT2D eigenvalue weighted by Crippen LogP contribution is -2.13. The van der Waals surface area contributed by atoms with Gasteiger partial charge in [0.15, 0.2) is 23.9 Å². The molecule has 0 saturated heterocycles. The Hall–Kier alpha value is -3.74. The van der Waals surface area contributed by atoms with E-state index >= 15 is 0 Å². The first-order chi connectivity index (χ1) is 13.7. The maximum Gasteiger partial charge on any atom is 0.374 e. The summed E-state index contributed by atoms with van der Waals surface area (Å²) in [5.41, 5.74) is 0.369. The predicted octanol–water partition coefficient (Wildman–Crippen LogP) is 3.63. The van der Waals surface area contributed by atoms with Crippen LogP contribution in [0.25, 0.3) is 0 Å². The van der Waals surface area contributed by atoms with Crippen LogP contribution in [0.15, 0.2) is 65.1 Å². The summed E-state index contributed by atoms with van der Waals surface area (Å²) in [4.78, 5) is 24.3. The van der Waals surface area contributed by atoms with Crippen LogP contribution in [-0.4, -0.2) is 25.2 Å². The zero-order valence-electron chi connectivity index (χ0n) is 14.8. The molecule has 1 aromatic heterocycles. The SMILES string of the molecule is O=C(COC(=O)c1ccc(COc2ccccc2)o1)c1ccc2c(c1)OCO2. The third-order valence-corrected chi connectivity index (χ3v) is 4.02. The van der Waals surface area contributed by atoms with Gasteiger partial charge in [-0.2, -0.15) is 0 Å². The van der Waals surface area contributed by atoms with E-state index in [4.69, 9.17) is 23.4 Å². The van der Waals surface area contributed by atoms with E-state index in [0.29, 0.717) is 28.6 Å². The molecule has 7 heteroatoms. The molecule has 2 heterocycles. The van der Waals surface area contributed by atoms with E-state index in [9.17, 15) is 9.59 Å². The summed E-state index contributed by atoms with van der Waals surface area (Å²) in [5, 5.41) is 0. The normalized spacial score (nSPS) is 11.9. The third-order valence-electron chi connectivity index (χ3n) is 4.02. The van der Waals surface area contributed by atoms with Crippen molar-refractivity contribution < 1.29 is 33.0 Å². The molecular formula is C21H16O7. The van der Waals surface area contributed by atoms with Crippen molar-refractivity contribution in [3.05, 3.63) is 77.7 Å². The number of carbonyl (C=O) groups excluding carboxylic acids is 2. The van der Waals surface area contributed by atoms with Gasteiger partial charge in [0.25, 0.3) is 0 Å². The minimum absolute atomic E-state index is 0.00477. The monoisotopic (exact) mass is 380 g/mol. The molecule has 142 valence electrons. The average molecular weight is 380 g/mol. The van der Waals surface area contributed by atoms with Crippen molar-refractivity contribution in [3.8, 4) is 17.2 Å². The van der Waals surface area contributed by atoms with Crippen molar-refractivity contribution in [1.29, 1.82) is 0 Å². The van der Waals surface area contributed by atoms with Gasteiger partial charge in [0.05, 0.1) is 0 Å². The zero-order valence-corrected chi connectivity index (χ0v) is 14.8. The van der Waals surface area contributed by atoms with Crippen LogP contribution in [-0.2, 0) is 11.3 Å². The summed E-state index contributed by atoms with van der Waals surface area (Å²) in [6.07, 6.45) is 0. The van der Waals surface area contributed by atoms with E-state index in [2.05, 4.69) is 0 Å².